The highest BCUT2D eigenvalue weighted by Crippen LogP contribution is 2.30. The number of rotatable bonds is 11. The molecule has 0 fully saturated rings. The number of aromatic nitrogens is 3. The average Bonchev–Trinajstić information content (AvgIpc) is 3.47. The highest BCUT2D eigenvalue weighted by molar-refractivity contribution is 7.89. The molecule has 0 saturated carbocycles. The molecule has 2 aromatic heterocycles. The van der Waals surface area contributed by atoms with Gasteiger partial charge in [0.2, 0.25) is 15.2 Å². The van der Waals surface area contributed by atoms with Crippen molar-refractivity contribution in [3.63, 3.8) is 0 Å². The van der Waals surface area contributed by atoms with Crippen molar-refractivity contribution in [2.45, 2.75) is 65.2 Å². The summed E-state index contributed by atoms with van der Waals surface area (Å²) >= 11 is 1.51. The Bertz CT molecular complexity index is 1530. The number of unbranched alkanes of at least 4 members (excludes halogenated alkanes) is 2. The topological polar surface area (TPSA) is 97.2 Å². The number of sulfonamides is 1. The van der Waals surface area contributed by atoms with E-state index in [1.165, 1.54) is 29.0 Å². The quantitative estimate of drug-likeness (QED) is 0.237. The van der Waals surface area contributed by atoms with Crippen LogP contribution >= 0.6 is 11.3 Å². The van der Waals surface area contributed by atoms with E-state index in [2.05, 4.69) is 29.5 Å². The van der Waals surface area contributed by atoms with Crippen molar-refractivity contribution in [2.24, 2.45) is 0 Å². The van der Waals surface area contributed by atoms with E-state index in [0.717, 1.165) is 47.2 Å². The van der Waals surface area contributed by atoms with E-state index in [1.807, 2.05) is 27.7 Å². The lowest BCUT2D eigenvalue weighted by atomic mass is 10.1. The summed E-state index contributed by atoms with van der Waals surface area (Å²) in [6.45, 7) is 11.0. The normalized spacial score (nSPS) is 11.9. The first-order valence-electron chi connectivity index (χ1n) is 13.0. The van der Waals surface area contributed by atoms with Crippen molar-refractivity contribution < 1.29 is 13.2 Å². The lowest BCUT2D eigenvalue weighted by molar-refractivity contribution is 0.102. The molecule has 0 aliphatic rings. The fourth-order valence-electron chi connectivity index (χ4n) is 4.32. The minimum absolute atomic E-state index is 0.197. The number of hydrogen-bond acceptors (Lipinski definition) is 6. The van der Waals surface area contributed by atoms with Crippen LogP contribution in [0, 0.1) is 20.8 Å². The molecule has 0 spiro atoms. The molecule has 8 nitrogen and oxygen atoms in total. The number of anilines is 1. The van der Waals surface area contributed by atoms with Gasteiger partial charge in [-0.1, -0.05) is 44.1 Å². The van der Waals surface area contributed by atoms with Gasteiger partial charge in [0.1, 0.15) is 5.82 Å². The number of benzene rings is 2. The first-order chi connectivity index (χ1) is 18.1. The fraction of sp³-hybridized carbons (Fsp3) is 0.393. The highest BCUT2D eigenvalue weighted by atomic mass is 32.2. The van der Waals surface area contributed by atoms with Gasteiger partial charge in [-0.3, -0.25) is 4.79 Å². The van der Waals surface area contributed by atoms with Gasteiger partial charge in [-0.15, -0.1) is 0 Å². The molecule has 0 aliphatic heterocycles. The molecule has 0 saturated heterocycles. The van der Waals surface area contributed by atoms with Gasteiger partial charge in [0.15, 0.2) is 0 Å². The van der Waals surface area contributed by atoms with Gasteiger partial charge in [0.25, 0.3) is 5.91 Å². The van der Waals surface area contributed by atoms with Crippen molar-refractivity contribution in [2.75, 3.05) is 18.4 Å². The van der Waals surface area contributed by atoms with Crippen LogP contribution in [-0.2, 0) is 10.0 Å². The number of hydrogen-bond donors (Lipinski definition) is 1. The number of nitrogens with zero attached hydrogens (tertiary/aromatic N) is 4. The Morgan fingerprint density at radius 2 is 1.66 bits per heavy atom. The number of amides is 1. The number of carbonyl (C=O) groups is 1. The van der Waals surface area contributed by atoms with Crippen molar-refractivity contribution >= 4 is 43.3 Å². The van der Waals surface area contributed by atoms with Crippen LogP contribution < -0.4 is 5.32 Å². The summed E-state index contributed by atoms with van der Waals surface area (Å²) in [7, 11) is -3.63. The van der Waals surface area contributed by atoms with Crippen LogP contribution in [0.2, 0.25) is 0 Å². The molecule has 1 N–H and O–H groups in total. The summed E-state index contributed by atoms with van der Waals surface area (Å²) in [6.07, 6.45) is 3.46. The van der Waals surface area contributed by atoms with E-state index >= 15 is 0 Å². The Morgan fingerprint density at radius 3 is 2.29 bits per heavy atom. The van der Waals surface area contributed by atoms with E-state index < -0.39 is 10.0 Å². The zero-order valence-corrected chi connectivity index (χ0v) is 24.2. The molecule has 0 unspecified atom stereocenters. The second-order valence-electron chi connectivity index (χ2n) is 9.60. The van der Waals surface area contributed by atoms with Gasteiger partial charge < -0.3 is 5.32 Å². The summed E-state index contributed by atoms with van der Waals surface area (Å²) in [5.74, 6) is 0.153. The average molecular weight is 554 g/mol. The molecule has 202 valence electrons. The maximum absolute atomic E-state index is 13.2. The second-order valence-corrected chi connectivity index (χ2v) is 12.5. The van der Waals surface area contributed by atoms with Crippen LogP contribution in [0.25, 0.3) is 15.3 Å². The molecule has 2 aromatic carbocycles. The largest absolute Gasteiger partial charge is 0.306 e. The van der Waals surface area contributed by atoms with Crippen molar-refractivity contribution in [1.82, 2.24) is 19.1 Å². The maximum atomic E-state index is 13.2. The first-order valence-corrected chi connectivity index (χ1v) is 15.3. The van der Waals surface area contributed by atoms with Crippen LogP contribution in [0.1, 0.15) is 66.7 Å². The van der Waals surface area contributed by atoms with E-state index in [4.69, 9.17) is 4.98 Å². The summed E-state index contributed by atoms with van der Waals surface area (Å²) in [4.78, 5) is 18.1. The molecule has 1 amide bonds. The second kappa shape index (κ2) is 11.8. The summed E-state index contributed by atoms with van der Waals surface area (Å²) in [5, 5.41) is 8.14. The van der Waals surface area contributed by atoms with E-state index in [9.17, 15) is 13.2 Å². The molecule has 10 heteroatoms. The van der Waals surface area contributed by atoms with Gasteiger partial charge in [0.05, 0.1) is 20.8 Å². The van der Waals surface area contributed by atoms with Crippen LogP contribution in [0.4, 0.5) is 5.82 Å². The molecule has 0 bridgehead atoms. The van der Waals surface area contributed by atoms with Gasteiger partial charge in [0, 0.05) is 24.7 Å². The Morgan fingerprint density at radius 1 is 1.00 bits per heavy atom. The number of thiazole rings is 1. The highest BCUT2D eigenvalue weighted by Gasteiger charge is 2.24. The summed E-state index contributed by atoms with van der Waals surface area (Å²) in [5.41, 5.74) is 4.28. The monoisotopic (exact) mass is 553 g/mol. The summed E-state index contributed by atoms with van der Waals surface area (Å²) in [6, 6.07) is 12.1. The lowest BCUT2D eigenvalue weighted by Gasteiger charge is -2.22. The Balaban J connectivity index is 1.56. The van der Waals surface area contributed by atoms with Crippen LogP contribution in [0.3, 0.4) is 0 Å². The molecule has 0 atom stereocenters. The third kappa shape index (κ3) is 5.98. The third-order valence-electron chi connectivity index (χ3n) is 6.35. The predicted molar refractivity (Wildman–Crippen MR) is 154 cm³/mol. The molecule has 2 heterocycles. The van der Waals surface area contributed by atoms with Gasteiger partial charge in [-0.25, -0.2) is 13.4 Å². The number of aryl methyl sites for hydroxylation is 3. The zero-order valence-electron chi connectivity index (χ0n) is 22.6. The molecule has 0 radical (unpaired) electrons. The molecule has 4 rings (SSSR count). The Labute approximate surface area is 228 Å². The standard InChI is InChI=1S/C28H35N5O3S2/c1-6-8-14-32(15-9-7-2)38(35,36)23-12-10-22(11-13-23)27(34)29-25-18-21(5)31-33(25)28-30-26-20(4)16-19(3)17-24(26)37-28/h10-13,16-18H,6-9,14-15H2,1-5H3,(H,29,34). The Hall–Kier alpha value is -3.08. The first kappa shape index (κ1) is 27.9. The van der Waals surface area contributed by atoms with Gasteiger partial charge in [-0.2, -0.15) is 14.1 Å². The number of fused-ring (bicyclic) bond motifs is 1. The van der Waals surface area contributed by atoms with Crippen LogP contribution in [0.5, 0.6) is 0 Å². The third-order valence-corrected chi connectivity index (χ3v) is 9.24. The van der Waals surface area contributed by atoms with E-state index in [-0.39, 0.29) is 10.8 Å². The summed E-state index contributed by atoms with van der Waals surface area (Å²) < 4.78 is 30.8. The van der Waals surface area contributed by atoms with Gasteiger partial charge in [-0.05, 0) is 75.1 Å². The minimum atomic E-state index is -3.63. The van der Waals surface area contributed by atoms with Crippen molar-refractivity contribution in [3.05, 3.63) is 64.8 Å². The SMILES string of the molecule is CCCCN(CCCC)S(=O)(=O)c1ccc(C(=O)Nc2cc(C)nn2-c2nc3c(C)cc(C)cc3s2)cc1. The molecule has 38 heavy (non-hydrogen) atoms. The smallest absolute Gasteiger partial charge is 0.256 e. The Kier molecular flexibility index (Phi) is 8.64. The van der Waals surface area contributed by atoms with Crippen LogP contribution in [-0.4, -0.2) is 46.5 Å². The fourth-order valence-corrected chi connectivity index (χ4v) is 6.95. The minimum Gasteiger partial charge on any atom is -0.306 e. The molecular weight excluding hydrogens is 518 g/mol. The zero-order chi connectivity index (χ0) is 27.4. The van der Waals surface area contributed by atoms with Crippen molar-refractivity contribution in [3.8, 4) is 5.13 Å². The van der Waals surface area contributed by atoms with Crippen LogP contribution in [0.15, 0.2) is 47.4 Å². The number of carbonyl (C=O) groups excluding carboxylic acids is 1. The maximum Gasteiger partial charge on any atom is 0.256 e. The molecular formula is C28H35N5O3S2. The molecule has 4 aromatic rings. The van der Waals surface area contributed by atoms with Crippen molar-refractivity contribution in [1.29, 1.82) is 0 Å². The predicted octanol–water partition coefficient (Wildman–Crippen LogP) is 6.25. The van der Waals surface area contributed by atoms with E-state index in [1.54, 1.807) is 27.2 Å². The molecule has 0 aliphatic carbocycles. The lowest BCUT2D eigenvalue weighted by Crippen LogP contribution is -2.33. The van der Waals surface area contributed by atoms with Gasteiger partial charge >= 0.3 is 0 Å². The number of nitrogens with one attached hydrogen (secondary N) is 1. The van der Waals surface area contributed by atoms with E-state index in [0.29, 0.717) is 29.6 Å².